The molecule has 47 heavy (non-hydrogen) atoms. The first kappa shape index (κ1) is 29.8. The van der Waals surface area contributed by atoms with Crippen LogP contribution in [0.3, 0.4) is 0 Å². The summed E-state index contributed by atoms with van der Waals surface area (Å²) >= 11 is 0. The maximum atomic E-state index is 2.68. The summed E-state index contributed by atoms with van der Waals surface area (Å²) in [6.07, 6.45) is 9.57. The molecule has 6 aliphatic rings. The van der Waals surface area contributed by atoms with Crippen LogP contribution in [0.25, 0.3) is 11.1 Å². The first-order valence-electron chi connectivity index (χ1n) is 18.7. The Morgan fingerprint density at radius 2 is 1.15 bits per heavy atom. The molecule has 0 atom stereocenters. The molecule has 4 fully saturated rings. The van der Waals surface area contributed by atoms with Crippen molar-refractivity contribution in [2.75, 3.05) is 4.90 Å². The Morgan fingerprint density at radius 1 is 0.574 bits per heavy atom. The number of nitrogens with zero attached hydrogens (tertiary/aromatic N) is 1. The van der Waals surface area contributed by atoms with Crippen LogP contribution >= 0.6 is 0 Å². The molecule has 6 aliphatic carbocycles. The zero-order valence-corrected chi connectivity index (χ0v) is 29.8. The number of fused-ring (bicyclic) bond motifs is 4. The molecule has 0 heterocycles. The van der Waals surface area contributed by atoms with Gasteiger partial charge in [-0.25, -0.2) is 0 Å². The van der Waals surface area contributed by atoms with Crippen LogP contribution in [0, 0.1) is 23.7 Å². The number of anilines is 3. The van der Waals surface area contributed by atoms with Gasteiger partial charge in [-0.2, -0.15) is 0 Å². The third-order valence-electron chi connectivity index (χ3n) is 13.9. The number of hydrogen-bond acceptors (Lipinski definition) is 1. The number of benzene rings is 4. The van der Waals surface area contributed by atoms with Gasteiger partial charge in [-0.15, -0.1) is 0 Å². The van der Waals surface area contributed by atoms with E-state index in [-0.39, 0.29) is 21.7 Å². The van der Waals surface area contributed by atoms with E-state index < -0.39 is 0 Å². The van der Waals surface area contributed by atoms with Crippen LogP contribution in [-0.4, -0.2) is 0 Å². The molecule has 4 aromatic rings. The lowest BCUT2D eigenvalue weighted by molar-refractivity contribution is -0.0399. The lowest BCUT2D eigenvalue weighted by Crippen LogP contribution is -2.55. The van der Waals surface area contributed by atoms with Crippen molar-refractivity contribution >= 4 is 17.1 Å². The molecule has 4 aromatic carbocycles. The van der Waals surface area contributed by atoms with Crippen molar-refractivity contribution in [3.63, 3.8) is 0 Å². The van der Waals surface area contributed by atoms with Gasteiger partial charge in [0.15, 0.2) is 0 Å². The maximum absolute atomic E-state index is 2.68. The van der Waals surface area contributed by atoms with E-state index in [1.54, 1.807) is 11.1 Å². The predicted molar refractivity (Wildman–Crippen MR) is 198 cm³/mol. The highest BCUT2D eigenvalue weighted by Crippen LogP contribution is 2.70. The van der Waals surface area contributed by atoms with Crippen molar-refractivity contribution < 1.29 is 0 Å². The first-order chi connectivity index (χ1) is 22.4. The topological polar surface area (TPSA) is 3.24 Å². The van der Waals surface area contributed by atoms with E-state index in [0.717, 1.165) is 23.7 Å². The Kier molecular flexibility index (Phi) is 6.26. The molecule has 242 valence electrons. The van der Waals surface area contributed by atoms with Crippen molar-refractivity contribution in [1.29, 1.82) is 0 Å². The summed E-state index contributed by atoms with van der Waals surface area (Å²) < 4.78 is 0. The fourth-order valence-electron chi connectivity index (χ4n) is 11.8. The van der Waals surface area contributed by atoms with Crippen LogP contribution in [0.5, 0.6) is 0 Å². The molecule has 1 nitrogen and oxygen atoms in total. The zero-order chi connectivity index (χ0) is 32.5. The van der Waals surface area contributed by atoms with Gasteiger partial charge in [0.2, 0.25) is 0 Å². The SMILES string of the molecule is CC(C)(C)c1ccc(N(c2cccc3c2-c2ccccc2C32C3CC4CC(C3)CC2C4)c2cccc3c2C(C)(C)CCC3(C)C)cc1. The zero-order valence-electron chi connectivity index (χ0n) is 29.8. The van der Waals surface area contributed by atoms with E-state index >= 15 is 0 Å². The van der Waals surface area contributed by atoms with Crippen molar-refractivity contribution in [3.8, 4) is 11.1 Å². The van der Waals surface area contributed by atoms with E-state index in [0.29, 0.717) is 0 Å². The average Bonchev–Trinajstić information content (AvgIpc) is 3.33. The molecule has 0 unspecified atom stereocenters. The molecule has 0 aliphatic heterocycles. The second kappa shape index (κ2) is 9.87. The standard InChI is InChI=1S/C46H53N/c1-43(2,3)31-18-20-34(21-19-31)47(40-17-11-15-38-42(40)45(6,7)23-22-44(38,4)5)39-16-10-14-37-41(39)35-12-8-9-13-36(35)46(37)32-25-29-24-30(27-32)28-33(46)26-29/h8-21,29-30,32-33H,22-28H2,1-7H3. The van der Waals surface area contributed by atoms with Gasteiger partial charge >= 0.3 is 0 Å². The van der Waals surface area contributed by atoms with Gasteiger partial charge in [0, 0.05) is 16.7 Å². The third-order valence-corrected chi connectivity index (χ3v) is 13.9. The van der Waals surface area contributed by atoms with E-state index in [9.17, 15) is 0 Å². The summed E-state index contributed by atoms with van der Waals surface area (Å²) in [4.78, 5) is 2.68. The van der Waals surface area contributed by atoms with Crippen LogP contribution in [0.2, 0.25) is 0 Å². The van der Waals surface area contributed by atoms with Crippen molar-refractivity contribution in [1.82, 2.24) is 0 Å². The van der Waals surface area contributed by atoms with Gasteiger partial charge in [-0.05, 0) is 143 Å². The Hall–Kier alpha value is -3.32. The summed E-state index contributed by atoms with van der Waals surface area (Å²) in [5.41, 5.74) is 15.2. The summed E-state index contributed by atoms with van der Waals surface area (Å²) in [5, 5.41) is 0. The van der Waals surface area contributed by atoms with Crippen molar-refractivity contribution in [3.05, 3.63) is 113 Å². The van der Waals surface area contributed by atoms with E-state index in [1.165, 1.54) is 89.8 Å². The predicted octanol–water partition coefficient (Wildman–Crippen LogP) is 12.5. The van der Waals surface area contributed by atoms with Gasteiger partial charge in [0.25, 0.3) is 0 Å². The number of hydrogen-bond donors (Lipinski definition) is 0. The maximum Gasteiger partial charge on any atom is 0.0543 e. The lowest BCUT2D eigenvalue weighted by atomic mass is 9.43. The van der Waals surface area contributed by atoms with Crippen LogP contribution < -0.4 is 4.90 Å². The van der Waals surface area contributed by atoms with Gasteiger partial charge in [-0.3, -0.25) is 0 Å². The highest BCUT2D eigenvalue weighted by atomic mass is 15.1. The van der Waals surface area contributed by atoms with Crippen molar-refractivity contribution in [2.24, 2.45) is 23.7 Å². The Balaban J connectivity index is 1.33. The molecular weight excluding hydrogens is 567 g/mol. The molecule has 1 heteroatoms. The minimum atomic E-state index is 0.0869. The molecule has 4 saturated carbocycles. The Bertz CT molecular complexity index is 1850. The monoisotopic (exact) mass is 619 g/mol. The van der Waals surface area contributed by atoms with Crippen LogP contribution in [0.15, 0.2) is 84.9 Å². The molecule has 10 rings (SSSR count). The summed E-state index contributed by atoms with van der Waals surface area (Å²) in [7, 11) is 0. The number of rotatable bonds is 3. The highest BCUT2D eigenvalue weighted by molar-refractivity contribution is 5.96. The van der Waals surface area contributed by atoms with Crippen LogP contribution in [-0.2, 0) is 21.7 Å². The van der Waals surface area contributed by atoms with Crippen molar-refractivity contribution in [2.45, 2.75) is 115 Å². The molecule has 0 amide bonds. The Morgan fingerprint density at radius 3 is 1.81 bits per heavy atom. The summed E-state index contributed by atoms with van der Waals surface area (Å²) in [5.74, 6) is 3.42. The van der Waals surface area contributed by atoms with Gasteiger partial charge < -0.3 is 4.90 Å². The quantitative estimate of drug-likeness (QED) is 0.220. The molecule has 1 spiro atoms. The average molecular weight is 620 g/mol. The molecule has 0 radical (unpaired) electrons. The van der Waals surface area contributed by atoms with Gasteiger partial charge in [-0.1, -0.05) is 109 Å². The van der Waals surface area contributed by atoms with E-state index in [2.05, 4.69) is 138 Å². The second-order valence-electron chi connectivity index (χ2n) is 18.5. The van der Waals surface area contributed by atoms with E-state index in [1.807, 2.05) is 0 Å². The smallest absolute Gasteiger partial charge is 0.0543 e. The summed E-state index contributed by atoms with van der Waals surface area (Å²) in [6, 6.07) is 33.8. The third kappa shape index (κ3) is 4.14. The fourth-order valence-corrected chi connectivity index (χ4v) is 11.8. The normalized spacial score (nSPS) is 29.0. The van der Waals surface area contributed by atoms with Crippen LogP contribution in [0.4, 0.5) is 17.1 Å². The highest BCUT2D eigenvalue weighted by Gasteiger charge is 2.62. The first-order valence-corrected chi connectivity index (χ1v) is 18.7. The largest absolute Gasteiger partial charge is 0.310 e. The van der Waals surface area contributed by atoms with E-state index in [4.69, 9.17) is 0 Å². The molecule has 0 aromatic heterocycles. The lowest BCUT2D eigenvalue weighted by Gasteiger charge is -2.61. The fraction of sp³-hybridized carbons (Fsp3) is 0.478. The van der Waals surface area contributed by atoms with Gasteiger partial charge in [0.1, 0.15) is 0 Å². The second-order valence-corrected chi connectivity index (χ2v) is 18.5. The minimum Gasteiger partial charge on any atom is -0.310 e. The summed E-state index contributed by atoms with van der Waals surface area (Å²) in [6.45, 7) is 16.9. The van der Waals surface area contributed by atoms with Gasteiger partial charge in [0.05, 0.1) is 11.4 Å². The Labute approximate surface area is 283 Å². The molecule has 4 bridgehead atoms. The molecular formula is C46H53N. The molecule has 0 N–H and O–H groups in total. The minimum absolute atomic E-state index is 0.0869. The molecule has 0 saturated heterocycles. The van der Waals surface area contributed by atoms with Crippen LogP contribution in [0.1, 0.15) is 121 Å².